The normalized spacial score (nSPS) is 50.8. The van der Waals surface area contributed by atoms with E-state index in [0.29, 0.717) is 24.2 Å². The molecular formula is C19H29N3O2. The summed E-state index contributed by atoms with van der Waals surface area (Å²) >= 11 is 0. The molecule has 0 aromatic carbocycles. The quantitative estimate of drug-likeness (QED) is 0.807. The van der Waals surface area contributed by atoms with Crippen molar-refractivity contribution in [1.29, 1.82) is 5.26 Å². The highest BCUT2D eigenvalue weighted by molar-refractivity contribution is 5.84. The molecule has 0 aromatic rings. The summed E-state index contributed by atoms with van der Waals surface area (Å²) in [6.45, 7) is 4.13. The highest BCUT2D eigenvalue weighted by Gasteiger charge is 2.61. The SMILES string of the molecule is CC1[C@@H](C)C[C@@H](C#N)N1C(=O)C(N)C12CC3CC(CC(O)(C3)C1)C2. The van der Waals surface area contributed by atoms with Gasteiger partial charge in [0.05, 0.1) is 17.7 Å². The van der Waals surface area contributed by atoms with Crippen LogP contribution in [0.15, 0.2) is 0 Å². The van der Waals surface area contributed by atoms with Gasteiger partial charge in [-0.3, -0.25) is 4.79 Å². The number of likely N-dealkylation sites (tertiary alicyclic amines) is 1. The molecule has 4 unspecified atom stereocenters. The van der Waals surface area contributed by atoms with E-state index < -0.39 is 11.6 Å². The number of hydrogen-bond acceptors (Lipinski definition) is 4. The summed E-state index contributed by atoms with van der Waals surface area (Å²) < 4.78 is 0. The number of carbonyl (C=O) groups excluding carboxylic acids is 1. The molecule has 5 aliphatic rings. The topological polar surface area (TPSA) is 90.4 Å². The van der Waals surface area contributed by atoms with Gasteiger partial charge in [-0.1, -0.05) is 6.92 Å². The molecule has 6 atom stereocenters. The molecule has 4 bridgehead atoms. The van der Waals surface area contributed by atoms with Crippen molar-refractivity contribution in [1.82, 2.24) is 4.90 Å². The molecule has 0 radical (unpaired) electrons. The van der Waals surface area contributed by atoms with Crippen LogP contribution in [0.4, 0.5) is 0 Å². The Morgan fingerprint density at radius 3 is 2.42 bits per heavy atom. The standard InChI is InChI=1S/C19H29N3O2/c1-11-3-15(9-20)22(12(11)2)17(23)16(21)18-5-13-4-14(6-18)8-19(24,7-13)10-18/h11-16,24H,3-8,10,21H2,1-2H3/t11-,12?,13?,14?,15-,16?,18?,19?/m0/s1. The third kappa shape index (κ3) is 2.23. The van der Waals surface area contributed by atoms with Crippen molar-refractivity contribution in [2.75, 3.05) is 0 Å². The number of aliphatic hydroxyl groups is 1. The average Bonchev–Trinajstić information content (AvgIpc) is 2.78. The van der Waals surface area contributed by atoms with Crippen molar-refractivity contribution in [3.8, 4) is 6.07 Å². The first-order valence-corrected chi connectivity index (χ1v) is 9.47. The minimum atomic E-state index is -0.611. The van der Waals surface area contributed by atoms with Gasteiger partial charge in [-0.2, -0.15) is 5.26 Å². The smallest absolute Gasteiger partial charge is 0.241 e. The van der Waals surface area contributed by atoms with Crippen LogP contribution in [0.25, 0.3) is 0 Å². The van der Waals surface area contributed by atoms with Crippen molar-refractivity contribution in [2.45, 2.75) is 82.5 Å². The van der Waals surface area contributed by atoms with Crippen LogP contribution in [-0.2, 0) is 4.79 Å². The van der Waals surface area contributed by atoms with Crippen LogP contribution >= 0.6 is 0 Å². The van der Waals surface area contributed by atoms with Gasteiger partial charge in [0, 0.05) is 6.04 Å². The van der Waals surface area contributed by atoms with Gasteiger partial charge in [-0.05, 0) is 75.0 Å². The minimum absolute atomic E-state index is 0.0604. The molecule has 0 spiro atoms. The van der Waals surface area contributed by atoms with E-state index in [1.807, 2.05) is 6.92 Å². The molecule has 1 saturated heterocycles. The third-order valence-electron chi connectivity index (χ3n) is 7.60. The van der Waals surface area contributed by atoms with Crippen LogP contribution in [0.1, 0.15) is 58.8 Å². The van der Waals surface area contributed by atoms with Gasteiger partial charge in [0.15, 0.2) is 0 Å². The Morgan fingerprint density at radius 2 is 1.88 bits per heavy atom. The van der Waals surface area contributed by atoms with E-state index in [2.05, 4.69) is 13.0 Å². The van der Waals surface area contributed by atoms with Crippen LogP contribution in [0, 0.1) is 34.5 Å². The molecule has 1 aliphatic heterocycles. The molecule has 5 rings (SSSR count). The lowest BCUT2D eigenvalue weighted by molar-refractivity contribution is -0.177. The van der Waals surface area contributed by atoms with Crippen LogP contribution in [-0.4, -0.2) is 39.6 Å². The van der Waals surface area contributed by atoms with E-state index >= 15 is 0 Å². The second kappa shape index (κ2) is 5.19. The minimum Gasteiger partial charge on any atom is -0.390 e. The second-order valence-corrected chi connectivity index (χ2v) is 9.37. The maximum absolute atomic E-state index is 13.3. The van der Waals surface area contributed by atoms with Gasteiger partial charge in [0.2, 0.25) is 5.91 Å². The van der Waals surface area contributed by atoms with Crippen molar-refractivity contribution in [3.05, 3.63) is 0 Å². The molecule has 5 fully saturated rings. The van der Waals surface area contributed by atoms with E-state index in [1.165, 1.54) is 6.42 Å². The van der Waals surface area contributed by atoms with Gasteiger partial charge in [-0.25, -0.2) is 0 Å². The molecular weight excluding hydrogens is 302 g/mol. The molecule has 132 valence electrons. The molecule has 4 saturated carbocycles. The molecule has 4 aliphatic carbocycles. The molecule has 1 amide bonds. The lowest BCUT2D eigenvalue weighted by Crippen LogP contribution is -2.65. The van der Waals surface area contributed by atoms with Crippen molar-refractivity contribution < 1.29 is 9.90 Å². The largest absolute Gasteiger partial charge is 0.390 e. The number of rotatable bonds is 2. The van der Waals surface area contributed by atoms with Gasteiger partial charge in [0.25, 0.3) is 0 Å². The Hall–Kier alpha value is -1.12. The molecule has 24 heavy (non-hydrogen) atoms. The monoisotopic (exact) mass is 331 g/mol. The second-order valence-electron chi connectivity index (χ2n) is 9.37. The summed E-state index contributed by atoms with van der Waals surface area (Å²) in [7, 11) is 0. The number of amides is 1. The van der Waals surface area contributed by atoms with Gasteiger partial charge in [0.1, 0.15) is 6.04 Å². The first-order chi connectivity index (χ1) is 11.3. The molecule has 0 aromatic heterocycles. The first-order valence-electron chi connectivity index (χ1n) is 9.47. The van der Waals surface area contributed by atoms with Crippen LogP contribution < -0.4 is 5.73 Å². The Morgan fingerprint density at radius 1 is 1.25 bits per heavy atom. The molecule has 5 heteroatoms. The van der Waals surface area contributed by atoms with Crippen molar-refractivity contribution in [2.24, 2.45) is 28.9 Å². The number of nitrogens with two attached hydrogens (primary N) is 1. The van der Waals surface area contributed by atoms with E-state index in [4.69, 9.17) is 5.73 Å². The maximum atomic E-state index is 13.3. The fraction of sp³-hybridized carbons (Fsp3) is 0.895. The van der Waals surface area contributed by atoms with Gasteiger partial charge in [-0.15, -0.1) is 0 Å². The van der Waals surface area contributed by atoms with E-state index in [9.17, 15) is 15.2 Å². The Kier molecular flexibility index (Phi) is 3.54. The third-order valence-corrected chi connectivity index (χ3v) is 7.60. The summed E-state index contributed by atoms with van der Waals surface area (Å²) in [6, 6.07) is 1.41. The predicted octanol–water partition coefficient (Wildman–Crippen LogP) is 1.79. The lowest BCUT2D eigenvalue weighted by Gasteiger charge is -2.61. The summed E-state index contributed by atoms with van der Waals surface area (Å²) in [5, 5.41) is 20.4. The highest BCUT2D eigenvalue weighted by Crippen LogP contribution is 2.62. The van der Waals surface area contributed by atoms with E-state index in [-0.39, 0.29) is 23.4 Å². The fourth-order valence-electron chi connectivity index (χ4n) is 6.76. The zero-order valence-electron chi connectivity index (χ0n) is 14.7. The van der Waals surface area contributed by atoms with Crippen LogP contribution in [0.2, 0.25) is 0 Å². The number of carbonyl (C=O) groups is 1. The summed E-state index contributed by atoms with van der Waals surface area (Å²) in [5.74, 6) is 1.28. The molecule has 1 heterocycles. The fourth-order valence-corrected chi connectivity index (χ4v) is 6.76. The van der Waals surface area contributed by atoms with Crippen molar-refractivity contribution >= 4 is 5.91 Å². The Labute approximate surface area is 144 Å². The zero-order valence-corrected chi connectivity index (χ0v) is 14.7. The van der Waals surface area contributed by atoms with Crippen LogP contribution in [0.5, 0.6) is 0 Å². The Bertz CT molecular complexity index is 584. The highest BCUT2D eigenvalue weighted by atomic mass is 16.3. The summed E-state index contributed by atoms with van der Waals surface area (Å²) in [5.41, 5.74) is 5.69. The van der Waals surface area contributed by atoms with Gasteiger partial charge >= 0.3 is 0 Å². The number of nitriles is 1. The predicted molar refractivity (Wildman–Crippen MR) is 89.5 cm³/mol. The van der Waals surface area contributed by atoms with E-state index in [1.54, 1.807) is 4.90 Å². The van der Waals surface area contributed by atoms with Gasteiger partial charge < -0.3 is 15.7 Å². The van der Waals surface area contributed by atoms with Crippen molar-refractivity contribution in [3.63, 3.8) is 0 Å². The van der Waals surface area contributed by atoms with E-state index in [0.717, 1.165) is 32.1 Å². The zero-order chi connectivity index (χ0) is 17.3. The number of nitrogens with zero attached hydrogens (tertiary/aromatic N) is 2. The summed E-state index contributed by atoms with van der Waals surface area (Å²) in [4.78, 5) is 15.0. The molecule has 5 nitrogen and oxygen atoms in total. The lowest BCUT2D eigenvalue weighted by atomic mass is 9.46. The maximum Gasteiger partial charge on any atom is 0.241 e. The van der Waals surface area contributed by atoms with Crippen LogP contribution in [0.3, 0.4) is 0 Å². The average molecular weight is 331 g/mol. The number of hydrogen-bond donors (Lipinski definition) is 2. The first kappa shape index (κ1) is 16.4. The Balaban J connectivity index is 1.61. The summed E-state index contributed by atoms with van der Waals surface area (Å²) in [6.07, 6.45) is 6.27. The molecule has 3 N–H and O–H groups in total.